The van der Waals surface area contributed by atoms with Crippen molar-refractivity contribution in [3.8, 4) is 22.3 Å². The molecule has 23 heavy (non-hydrogen) atoms. The molecule has 0 heterocycles. The van der Waals surface area contributed by atoms with Crippen LogP contribution in [0.4, 0.5) is 0 Å². The third-order valence-electron chi connectivity index (χ3n) is 4.21. The zero-order valence-electron chi connectivity index (χ0n) is 11.8. The fourth-order valence-electron chi connectivity index (χ4n) is 3.24. The monoisotopic (exact) mass is 378 g/mol. The van der Waals surface area contributed by atoms with Crippen molar-refractivity contribution in [2.75, 3.05) is 0 Å². The first-order chi connectivity index (χ1) is 11.1. The zero-order chi connectivity index (χ0) is 16.1. The van der Waals surface area contributed by atoms with Crippen molar-refractivity contribution in [2.24, 2.45) is 0 Å². The minimum atomic E-state index is 0.374. The third kappa shape index (κ3) is 2.28. The molecular formula is C19H10Cl4. The molecule has 114 valence electrons. The SMILES string of the molecule is Clc1cccc2c1-c1c(Cl)c(Cl)c(Cl)c(-c3ccccc3)c1C2. The van der Waals surface area contributed by atoms with Crippen LogP contribution < -0.4 is 0 Å². The van der Waals surface area contributed by atoms with Crippen LogP contribution in [0.3, 0.4) is 0 Å². The molecule has 4 rings (SSSR count). The van der Waals surface area contributed by atoms with Gasteiger partial charge in [-0.1, -0.05) is 88.9 Å². The molecule has 0 saturated heterocycles. The standard InChI is InChI=1S/C19H10Cl4/c20-13-8-4-7-11-9-12-14(10-5-2-1-3-6-10)17(21)19(23)18(22)16(12)15(11)13/h1-8H,9H2. The lowest BCUT2D eigenvalue weighted by Gasteiger charge is -2.15. The van der Waals surface area contributed by atoms with Gasteiger partial charge in [-0.05, 0) is 29.2 Å². The van der Waals surface area contributed by atoms with Gasteiger partial charge in [-0.25, -0.2) is 0 Å². The number of fused-ring (bicyclic) bond motifs is 3. The number of benzene rings is 3. The van der Waals surface area contributed by atoms with Gasteiger partial charge >= 0.3 is 0 Å². The lowest BCUT2D eigenvalue weighted by molar-refractivity contribution is 1.26. The van der Waals surface area contributed by atoms with Crippen molar-refractivity contribution in [3.63, 3.8) is 0 Å². The Morgan fingerprint density at radius 1 is 0.609 bits per heavy atom. The van der Waals surface area contributed by atoms with Crippen LogP contribution in [0.2, 0.25) is 20.1 Å². The molecule has 1 aliphatic rings. The van der Waals surface area contributed by atoms with Crippen molar-refractivity contribution in [2.45, 2.75) is 6.42 Å². The zero-order valence-corrected chi connectivity index (χ0v) is 14.9. The summed E-state index contributed by atoms with van der Waals surface area (Å²) in [5, 5.41) is 2.02. The van der Waals surface area contributed by atoms with Gasteiger partial charge in [0.1, 0.15) is 0 Å². The average Bonchev–Trinajstić information content (AvgIpc) is 2.94. The Balaban J connectivity index is 2.12. The van der Waals surface area contributed by atoms with E-state index >= 15 is 0 Å². The smallest absolute Gasteiger partial charge is 0.0791 e. The molecule has 0 fully saturated rings. The maximum Gasteiger partial charge on any atom is 0.0791 e. The Bertz CT molecular complexity index is 930. The highest BCUT2D eigenvalue weighted by molar-refractivity contribution is 6.51. The van der Waals surface area contributed by atoms with Crippen molar-refractivity contribution in [1.29, 1.82) is 0 Å². The maximum atomic E-state index is 6.55. The van der Waals surface area contributed by atoms with Gasteiger partial charge in [-0.3, -0.25) is 0 Å². The van der Waals surface area contributed by atoms with E-state index in [1.807, 2.05) is 42.5 Å². The van der Waals surface area contributed by atoms with Gasteiger partial charge in [-0.15, -0.1) is 0 Å². The first-order valence-electron chi connectivity index (χ1n) is 7.12. The second kappa shape index (κ2) is 5.72. The minimum Gasteiger partial charge on any atom is -0.0837 e. The van der Waals surface area contributed by atoms with Crippen LogP contribution in [0.25, 0.3) is 22.3 Å². The van der Waals surface area contributed by atoms with E-state index < -0.39 is 0 Å². The quantitative estimate of drug-likeness (QED) is 0.299. The molecule has 0 aromatic heterocycles. The minimum absolute atomic E-state index is 0.374. The predicted molar refractivity (Wildman–Crippen MR) is 100 cm³/mol. The molecule has 0 saturated carbocycles. The van der Waals surface area contributed by atoms with E-state index in [0.29, 0.717) is 20.1 Å². The summed E-state index contributed by atoms with van der Waals surface area (Å²) in [6.07, 6.45) is 0.742. The summed E-state index contributed by atoms with van der Waals surface area (Å²) in [7, 11) is 0. The lowest BCUT2D eigenvalue weighted by Crippen LogP contribution is -1.92. The first kappa shape index (κ1) is 15.4. The third-order valence-corrected chi connectivity index (χ3v) is 5.85. The molecule has 4 heteroatoms. The van der Waals surface area contributed by atoms with Gasteiger partial charge < -0.3 is 0 Å². The van der Waals surface area contributed by atoms with E-state index in [-0.39, 0.29) is 0 Å². The predicted octanol–water partition coefficient (Wildman–Crippen LogP) is 7.54. The topological polar surface area (TPSA) is 0 Å². The normalized spacial score (nSPS) is 12.2. The Kier molecular flexibility index (Phi) is 3.82. The van der Waals surface area contributed by atoms with Crippen molar-refractivity contribution >= 4 is 46.4 Å². The van der Waals surface area contributed by atoms with Gasteiger partial charge in [0, 0.05) is 21.7 Å². The number of hydrogen-bond donors (Lipinski definition) is 0. The van der Waals surface area contributed by atoms with Crippen LogP contribution in [-0.4, -0.2) is 0 Å². The van der Waals surface area contributed by atoms with Gasteiger partial charge in [0.05, 0.1) is 15.1 Å². The summed E-state index contributed by atoms with van der Waals surface area (Å²) in [4.78, 5) is 0. The first-order valence-corrected chi connectivity index (χ1v) is 8.63. The van der Waals surface area contributed by atoms with E-state index in [4.69, 9.17) is 46.4 Å². The number of rotatable bonds is 1. The molecule has 0 spiro atoms. The van der Waals surface area contributed by atoms with E-state index in [1.165, 1.54) is 0 Å². The van der Waals surface area contributed by atoms with Crippen molar-refractivity contribution in [1.82, 2.24) is 0 Å². The Morgan fingerprint density at radius 2 is 1.30 bits per heavy atom. The van der Waals surface area contributed by atoms with Gasteiger partial charge in [0.25, 0.3) is 0 Å². The summed E-state index contributed by atoms with van der Waals surface area (Å²) < 4.78 is 0. The van der Waals surface area contributed by atoms with E-state index in [2.05, 4.69) is 6.07 Å². The second-order valence-corrected chi connectivity index (χ2v) is 7.03. The lowest BCUT2D eigenvalue weighted by atomic mass is 9.95. The van der Waals surface area contributed by atoms with E-state index in [1.54, 1.807) is 0 Å². The van der Waals surface area contributed by atoms with Gasteiger partial charge in [0.2, 0.25) is 0 Å². The maximum absolute atomic E-state index is 6.55. The van der Waals surface area contributed by atoms with Crippen LogP contribution in [0.1, 0.15) is 11.1 Å². The molecule has 3 aromatic carbocycles. The summed E-state index contributed by atoms with van der Waals surface area (Å²) in [5.41, 5.74) is 6.05. The fraction of sp³-hybridized carbons (Fsp3) is 0.0526. The second-order valence-electron chi connectivity index (χ2n) is 5.49. The molecule has 0 nitrogen and oxygen atoms in total. The molecule has 1 aliphatic carbocycles. The summed E-state index contributed by atoms with van der Waals surface area (Å²) >= 11 is 25.9. The van der Waals surface area contributed by atoms with E-state index in [0.717, 1.165) is 39.8 Å². The number of hydrogen-bond acceptors (Lipinski definition) is 0. The molecule has 0 bridgehead atoms. The van der Waals surface area contributed by atoms with Crippen LogP contribution in [0, 0.1) is 0 Å². The highest BCUT2D eigenvalue weighted by Crippen LogP contribution is 2.53. The highest BCUT2D eigenvalue weighted by atomic mass is 35.5. The molecule has 0 amide bonds. The fourth-order valence-corrected chi connectivity index (χ4v) is 4.38. The largest absolute Gasteiger partial charge is 0.0837 e. The van der Waals surface area contributed by atoms with Crippen LogP contribution in [-0.2, 0) is 6.42 Å². The summed E-state index contributed by atoms with van der Waals surface area (Å²) in [6.45, 7) is 0. The molecule has 0 radical (unpaired) electrons. The van der Waals surface area contributed by atoms with Crippen LogP contribution in [0.5, 0.6) is 0 Å². The highest BCUT2D eigenvalue weighted by Gasteiger charge is 2.30. The Hall–Kier alpha value is -1.18. The molecular weight excluding hydrogens is 370 g/mol. The molecule has 0 atom stereocenters. The molecule has 3 aromatic rings. The van der Waals surface area contributed by atoms with Crippen molar-refractivity contribution < 1.29 is 0 Å². The van der Waals surface area contributed by atoms with Crippen LogP contribution >= 0.6 is 46.4 Å². The van der Waals surface area contributed by atoms with Gasteiger partial charge in [-0.2, -0.15) is 0 Å². The Labute approximate surface area is 154 Å². The van der Waals surface area contributed by atoms with E-state index in [9.17, 15) is 0 Å². The summed E-state index contributed by atoms with van der Waals surface area (Å²) in [6, 6.07) is 15.9. The van der Waals surface area contributed by atoms with Crippen molar-refractivity contribution in [3.05, 3.63) is 79.7 Å². The van der Waals surface area contributed by atoms with Gasteiger partial charge in [0.15, 0.2) is 0 Å². The van der Waals surface area contributed by atoms with Crippen LogP contribution in [0.15, 0.2) is 48.5 Å². The molecule has 0 N–H and O–H groups in total. The number of halogens is 4. The molecule has 0 unspecified atom stereocenters. The Morgan fingerprint density at radius 3 is 2.04 bits per heavy atom. The average molecular weight is 380 g/mol. The summed E-state index contributed by atoms with van der Waals surface area (Å²) in [5.74, 6) is 0. The molecule has 0 aliphatic heterocycles.